The zero-order valence-corrected chi connectivity index (χ0v) is 52.9. The number of benzene rings is 2. The topological polar surface area (TPSA) is 144 Å². The van der Waals surface area contributed by atoms with Crippen LogP contribution in [0.3, 0.4) is 0 Å². The molecule has 13 nitrogen and oxygen atoms in total. The highest BCUT2D eigenvalue weighted by Gasteiger charge is 1.96. The second-order valence-electron chi connectivity index (χ2n) is 15.2. The predicted octanol–water partition coefficient (Wildman–Crippen LogP) is 17.7. The van der Waals surface area contributed by atoms with Crippen molar-refractivity contribution in [1.82, 2.24) is 63.5 Å². The van der Waals surface area contributed by atoms with Gasteiger partial charge in [0.15, 0.2) is 0 Å². The molecule has 0 saturated heterocycles. The van der Waals surface area contributed by atoms with Crippen molar-refractivity contribution in [2.45, 2.75) is 145 Å². The fourth-order valence-electron chi connectivity index (χ4n) is 5.68. The zero-order valence-electron chi connectivity index (χ0n) is 52.9. The average molecular weight is 1070 g/mol. The van der Waals surface area contributed by atoms with Gasteiger partial charge in [-0.15, -0.1) is 0 Å². The predicted molar refractivity (Wildman–Crippen MR) is 343 cm³/mol. The van der Waals surface area contributed by atoms with Gasteiger partial charge in [-0.05, 0) is 138 Å². The van der Waals surface area contributed by atoms with E-state index in [-0.39, 0.29) is 0 Å². The maximum Gasteiger partial charge on any atom is 0.116 e. The van der Waals surface area contributed by atoms with Crippen LogP contribution in [0.15, 0.2) is 166 Å². The molecular formula is C66H99N13. The smallest absolute Gasteiger partial charge is 0.116 e. The molecule has 0 N–H and O–H groups in total. The van der Waals surface area contributed by atoms with Gasteiger partial charge < -0.3 is 13.7 Å². The van der Waals surface area contributed by atoms with Crippen molar-refractivity contribution < 1.29 is 0 Å². The Morgan fingerprint density at radius 2 is 0.835 bits per heavy atom. The van der Waals surface area contributed by atoms with Gasteiger partial charge in [0.25, 0.3) is 0 Å². The van der Waals surface area contributed by atoms with E-state index in [1.807, 2.05) is 266 Å². The molecule has 428 valence electrons. The van der Waals surface area contributed by atoms with E-state index in [4.69, 9.17) is 0 Å². The molecule has 2 aromatic carbocycles. The fraction of sp³-hybridized carbons (Fsp3) is 0.364. The minimum atomic E-state index is 0.957. The molecule has 0 amide bonds. The summed E-state index contributed by atoms with van der Waals surface area (Å²) in [5.41, 5.74) is 13.9. The van der Waals surface area contributed by atoms with Crippen LogP contribution >= 0.6 is 0 Å². The molecule has 13 heteroatoms. The van der Waals surface area contributed by atoms with Crippen molar-refractivity contribution in [2.75, 3.05) is 0 Å². The van der Waals surface area contributed by atoms with Crippen molar-refractivity contribution in [1.29, 1.82) is 0 Å². The Labute approximate surface area is 477 Å². The molecule has 79 heavy (non-hydrogen) atoms. The van der Waals surface area contributed by atoms with Crippen LogP contribution in [0, 0.1) is 48.5 Å². The fourth-order valence-corrected chi connectivity index (χ4v) is 5.68. The van der Waals surface area contributed by atoms with E-state index in [1.165, 1.54) is 22.5 Å². The summed E-state index contributed by atoms with van der Waals surface area (Å²) in [4.78, 5) is 41.1. The van der Waals surface area contributed by atoms with Crippen molar-refractivity contribution in [3.8, 4) is 0 Å². The highest BCUT2D eigenvalue weighted by atomic mass is 15.0. The maximum absolute atomic E-state index is 4.31. The summed E-state index contributed by atoms with van der Waals surface area (Å²) in [5, 5.41) is 1.10. The third kappa shape index (κ3) is 31.1. The van der Waals surface area contributed by atoms with Gasteiger partial charge in [-0.1, -0.05) is 115 Å². The molecule has 0 aliphatic carbocycles. The summed E-state index contributed by atoms with van der Waals surface area (Å²) in [6.07, 6.45) is 21.6. The molecule has 0 aliphatic heterocycles. The monoisotopic (exact) mass is 1070 g/mol. The van der Waals surface area contributed by atoms with Crippen molar-refractivity contribution >= 4 is 44.0 Å². The summed E-state index contributed by atoms with van der Waals surface area (Å²) in [6.45, 7) is 42.2. The molecule has 9 aromatic heterocycles. The first kappa shape index (κ1) is 75.2. The Bertz CT molecular complexity index is 2700. The third-order valence-electron chi connectivity index (χ3n) is 9.79. The normalized spacial score (nSPS) is 8.76. The third-order valence-corrected chi connectivity index (χ3v) is 9.79. The summed E-state index contributed by atoms with van der Waals surface area (Å²) < 4.78 is 6.03. The zero-order chi connectivity index (χ0) is 60.6. The summed E-state index contributed by atoms with van der Waals surface area (Å²) in [6, 6.07) is 30.0. The van der Waals surface area contributed by atoms with E-state index in [0.29, 0.717) is 0 Å². The van der Waals surface area contributed by atoms with Gasteiger partial charge in [-0.2, -0.15) is 0 Å². The van der Waals surface area contributed by atoms with E-state index in [2.05, 4.69) is 86.5 Å². The average Bonchev–Trinajstić information content (AvgIpc) is 4.22. The first-order valence-electron chi connectivity index (χ1n) is 28.0. The number of rotatable bonds is 0. The van der Waals surface area contributed by atoms with Crippen molar-refractivity contribution in [3.05, 3.63) is 205 Å². The maximum atomic E-state index is 4.31. The molecule has 11 aromatic rings. The Kier molecular flexibility index (Phi) is 46.0. The number of hydrogen-bond acceptors (Lipinski definition) is 10. The molecule has 0 bridgehead atoms. The Morgan fingerprint density at radius 1 is 0.329 bits per heavy atom. The van der Waals surface area contributed by atoms with Crippen LogP contribution in [-0.2, 0) is 21.1 Å². The number of hydrogen-bond donors (Lipinski definition) is 0. The van der Waals surface area contributed by atoms with Crippen molar-refractivity contribution in [2.24, 2.45) is 21.1 Å². The van der Waals surface area contributed by atoms with E-state index >= 15 is 0 Å². The number of aromatic nitrogens is 13. The van der Waals surface area contributed by atoms with Gasteiger partial charge in [-0.25, -0.2) is 19.9 Å². The second-order valence-corrected chi connectivity index (χ2v) is 15.2. The molecule has 0 atom stereocenters. The van der Waals surface area contributed by atoms with Crippen LogP contribution in [0.5, 0.6) is 0 Å². The van der Waals surface area contributed by atoms with Crippen LogP contribution in [0.25, 0.3) is 44.0 Å². The van der Waals surface area contributed by atoms with Gasteiger partial charge in [-0.3, -0.25) is 29.9 Å². The minimum absolute atomic E-state index is 0.957. The summed E-state index contributed by atoms with van der Waals surface area (Å²) in [7, 11) is 5.99. The number of fused-ring (bicyclic) bond motifs is 4. The van der Waals surface area contributed by atoms with E-state index in [9.17, 15) is 0 Å². The lowest BCUT2D eigenvalue weighted by Crippen LogP contribution is -1.86. The van der Waals surface area contributed by atoms with Crippen LogP contribution in [-0.4, -0.2) is 63.5 Å². The molecular weight excluding hydrogens is 975 g/mol. The van der Waals surface area contributed by atoms with E-state index in [1.54, 1.807) is 43.6 Å². The number of nitrogens with zero attached hydrogens (tertiary/aromatic N) is 13. The Hall–Kier alpha value is -8.06. The first-order chi connectivity index (χ1) is 38.4. The van der Waals surface area contributed by atoms with E-state index < -0.39 is 0 Å². The highest BCUT2D eigenvalue weighted by molar-refractivity contribution is 5.78. The highest BCUT2D eigenvalue weighted by Crippen LogP contribution is 2.12. The number of imidazole rings is 2. The molecule has 0 saturated carbocycles. The summed E-state index contributed by atoms with van der Waals surface area (Å²) >= 11 is 0. The molecule has 0 unspecified atom stereocenters. The van der Waals surface area contributed by atoms with E-state index in [0.717, 1.165) is 61.1 Å². The van der Waals surface area contributed by atoms with Gasteiger partial charge in [0, 0.05) is 106 Å². The van der Waals surface area contributed by atoms with Gasteiger partial charge in [0.1, 0.15) is 12.2 Å². The molecule has 0 spiro atoms. The Balaban J connectivity index is -0.000000827. The quantitative estimate of drug-likeness (QED) is 0.144. The first-order valence-corrected chi connectivity index (χ1v) is 28.0. The number of pyridine rings is 4. The SMILES string of the molecule is CC.CC.CC.CC.CC.CC.CC.Cc1ccc2cncnc2c1.Cc1ccc2ncccc2n1.Cc1ccc2nccnc2c1.Cc1cccn1C.Cc1cnc2cccnc2c1.Cc1cncn1C.Cc1nccn1C. The van der Waals surface area contributed by atoms with Gasteiger partial charge in [0.05, 0.1) is 44.9 Å². The second kappa shape index (κ2) is 48.3. The van der Waals surface area contributed by atoms with Crippen LogP contribution in [0.4, 0.5) is 0 Å². The molecule has 0 fully saturated rings. The molecule has 11 rings (SSSR count). The van der Waals surface area contributed by atoms with Gasteiger partial charge >= 0.3 is 0 Å². The van der Waals surface area contributed by atoms with Crippen LogP contribution in [0.2, 0.25) is 0 Å². The van der Waals surface area contributed by atoms with Crippen LogP contribution in [0.1, 0.15) is 137 Å². The molecule has 0 aliphatic rings. The standard InChI is InChI=1S/4C9H8N2.C6H9N.2C5H8N2.7C2H6/c1-7-2-3-8-5-10-6-11-9(8)4-7;1-7-2-3-8-9(6-7)11-5-4-10-8;1-7-4-5-8-9(11-7)3-2-6-10-8;1-7-5-9-8(11-6-7)3-2-4-10-9;1-6-4-3-5-7(6)2;1-5-3-6-4-7(5)2;1-5-6-3-4-7(5)2;7*1-2/h4*2-6H,1H3;3-5H,1-2H3;2*3-4H,1-2H3;7*1-2H3. The lowest BCUT2D eigenvalue weighted by atomic mass is 10.2. The molecule has 0 radical (unpaired) electrons. The lowest BCUT2D eigenvalue weighted by Gasteiger charge is -1.95. The van der Waals surface area contributed by atoms with Gasteiger partial charge in [0.2, 0.25) is 0 Å². The lowest BCUT2D eigenvalue weighted by molar-refractivity contribution is 0.858. The number of aryl methyl sites for hydroxylation is 10. The minimum Gasteiger partial charge on any atom is -0.355 e. The summed E-state index contributed by atoms with van der Waals surface area (Å²) in [5.74, 6) is 1.06. The van der Waals surface area contributed by atoms with Crippen molar-refractivity contribution in [3.63, 3.8) is 0 Å². The largest absolute Gasteiger partial charge is 0.355 e. The Morgan fingerprint density at radius 3 is 1.32 bits per heavy atom. The molecule has 9 heterocycles. The van der Waals surface area contributed by atoms with Crippen LogP contribution < -0.4 is 0 Å².